The quantitative estimate of drug-likeness (QED) is 0.780. The monoisotopic (exact) mass is 361 g/mol. The van der Waals surface area contributed by atoms with Crippen molar-refractivity contribution in [2.24, 2.45) is 0 Å². The van der Waals surface area contributed by atoms with Gasteiger partial charge in [-0.05, 0) is 38.0 Å². The fourth-order valence-electron chi connectivity index (χ4n) is 2.87. The minimum absolute atomic E-state index is 0.0336. The van der Waals surface area contributed by atoms with Crippen LogP contribution in [0.3, 0.4) is 0 Å². The first-order valence-corrected chi connectivity index (χ1v) is 8.87. The van der Waals surface area contributed by atoms with Gasteiger partial charge in [0, 0.05) is 25.6 Å². The van der Waals surface area contributed by atoms with Gasteiger partial charge in [0.2, 0.25) is 17.7 Å². The first kappa shape index (κ1) is 19.8. The molecule has 1 N–H and O–H groups in total. The minimum Gasteiger partial charge on any atom is -0.497 e. The van der Waals surface area contributed by atoms with E-state index < -0.39 is 0 Å². The van der Waals surface area contributed by atoms with Gasteiger partial charge < -0.3 is 19.9 Å². The summed E-state index contributed by atoms with van der Waals surface area (Å²) in [6, 6.07) is 7.65. The smallest absolute Gasteiger partial charge is 0.242 e. The van der Waals surface area contributed by atoms with Crippen LogP contribution in [0.2, 0.25) is 0 Å². The molecule has 0 aliphatic carbocycles. The van der Waals surface area contributed by atoms with Crippen LogP contribution in [0.25, 0.3) is 0 Å². The second kappa shape index (κ2) is 9.22. The Morgan fingerprint density at radius 1 is 1.27 bits per heavy atom. The Hall–Kier alpha value is -2.57. The fraction of sp³-hybridized carbons (Fsp3) is 0.526. The van der Waals surface area contributed by atoms with Gasteiger partial charge in [0.15, 0.2) is 0 Å². The summed E-state index contributed by atoms with van der Waals surface area (Å²) in [6.45, 7) is 4.67. The molecule has 7 nitrogen and oxygen atoms in total. The summed E-state index contributed by atoms with van der Waals surface area (Å²) in [5, 5.41) is 2.77. The molecule has 1 aliphatic heterocycles. The lowest BCUT2D eigenvalue weighted by atomic mass is 10.1. The average Bonchev–Trinajstić information content (AvgIpc) is 2.61. The highest BCUT2D eigenvalue weighted by molar-refractivity contribution is 5.89. The van der Waals surface area contributed by atoms with E-state index in [0.29, 0.717) is 25.9 Å². The Morgan fingerprint density at radius 3 is 2.69 bits per heavy atom. The molecule has 142 valence electrons. The van der Waals surface area contributed by atoms with Crippen LogP contribution in [0.1, 0.15) is 25.8 Å². The van der Waals surface area contributed by atoms with Gasteiger partial charge in [-0.3, -0.25) is 14.4 Å². The molecular formula is C19H27N3O4. The number of nitrogens with one attached hydrogen (secondary N) is 1. The molecule has 0 atom stereocenters. The molecule has 0 aromatic heterocycles. The van der Waals surface area contributed by atoms with Crippen LogP contribution in [-0.2, 0) is 20.8 Å². The van der Waals surface area contributed by atoms with Crippen molar-refractivity contribution in [2.75, 3.05) is 33.3 Å². The number of benzene rings is 1. The molecule has 0 spiro atoms. The van der Waals surface area contributed by atoms with E-state index in [1.54, 1.807) is 12.0 Å². The highest BCUT2D eigenvalue weighted by Gasteiger charge is 2.28. The Morgan fingerprint density at radius 2 is 2.04 bits per heavy atom. The lowest BCUT2D eigenvalue weighted by Gasteiger charge is -2.34. The number of ether oxygens (including phenoxy) is 1. The Kier molecular flexibility index (Phi) is 7.00. The van der Waals surface area contributed by atoms with Crippen molar-refractivity contribution >= 4 is 17.7 Å². The highest BCUT2D eigenvalue weighted by Crippen LogP contribution is 2.15. The first-order valence-electron chi connectivity index (χ1n) is 8.87. The van der Waals surface area contributed by atoms with Crippen LogP contribution in [0, 0.1) is 0 Å². The molecule has 7 heteroatoms. The van der Waals surface area contributed by atoms with Gasteiger partial charge in [-0.2, -0.15) is 0 Å². The average molecular weight is 361 g/mol. The maximum absolute atomic E-state index is 12.4. The fourth-order valence-corrected chi connectivity index (χ4v) is 2.87. The van der Waals surface area contributed by atoms with E-state index in [2.05, 4.69) is 5.32 Å². The van der Waals surface area contributed by atoms with Crippen molar-refractivity contribution < 1.29 is 19.1 Å². The van der Waals surface area contributed by atoms with Crippen LogP contribution in [0.15, 0.2) is 24.3 Å². The third-order valence-corrected chi connectivity index (χ3v) is 4.22. The summed E-state index contributed by atoms with van der Waals surface area (Å²) in [5.74, 6) is 0.349. The molecule has 1 aromatic carbocycles. The van der Waals surface area contributed by atoms with E-state index in [1.165, 1.54) is 4.90 Å². The van der Waals surface area contributed by atoms with Crippen LogP contribution in [0.4, 0.5) is 0 Å². The molecule has 0 bridgehead atoms. The second-order valence-corrected chi connectivity index (χ2v) is 6.70. The number of aryl methyl sites for hydroxylation is 1. The van der Waals surface area contributed by atoms with Gasteiger partial charge in [-0.25, -0.2) is 0 Å². The van der Waals surface area contributed by atoms with Crippen LogP contribution in [-0.4, -0.2) is 66.9 Å². The number of rotatable bonds is 7. The largest absolute Gasteiger partial charge is 0.497 e. The summed E-state index contributed by atoms with van der Waals surface area (Å²) in [4.78, 5) is 39.5. The lowest BCUT2D eigenvalue weighted by Crippen LogP contribution is -2.54. The van der Waals surface area contributed by atoms with E-state index in [-0.39, 0.29) is 36.9 Å². The number of nitrogens with zero attached hydrogens (tertiary/aromatic N) is 2. The molecule has 3 amide bonds. The maximum atomic E-state index is 12.4. The highest BCUT2D eigenvalue weighted by atomic mass is 16.5. The zero-order valence-corrected chi connectivity index (χ0v) is 15.7. The van der Waals surface area contributed by atoms with Gasteiger partial charge >= 0.3 is 0 Å². The number of carbonyl (C=O) groups is 3. The summed E-state index contributed by atoms with van der Waals surface area (Å²) in [6.07, 6.45) is 0.940. The van der Waals surface area contributed by atoms with Crippen molar-refractivity contribution in [1.29, 1.82) is 0 Å². The summed E-state index contributed by atoms with van der Waals surface area (Å²) >= 11 is 0. The van der Waals surface area contributed by atoms with E-state index in [4.69, 9.17) is 4.74 Å². The van der Waals surface area contributed by atoms with E-state index in [9.17, 15) is 14.4 Å². The Balaban J connectivity index is 1.81. The zero-order valence-electron chi connectivity index (χ0n) is 15.7. The molecule has 26 heavy (non-hydrogen) atoms. The van der Waals surface area contributed by atoms with Crippen LogP contribution >= 0.6 is 0 Å². The number of amides is 3. The second-order valence-electron chi connectivity index (χ2n) is 6.70. The molecule has 0 saturated carbocycles. The van der Waals surface area contributed by atoms with Crippen LogP contribution in [0.5, 0.6) is 5.75 Å². The number of hydrogen-bond acceptors (Lipinski definition) is 4. The topological polar surface area (TPSA) is 79.0 Å². The molecule has 1 aromatic rings. The number of hydrogen-bond donors (Lipinski definition) is 1. The van der Waals surface area contributed by atoms with Gasteiger partial charge in [-0.1, -0.05) is 12.1 Å². The number of piperazine rings is 1. The third kappa shape index (κ3) is 5.75. The number of carbonyl (C=O) groups excluding carboxylic acids is 3. The predicted molar refractivity (Wildman–Crippen MR) is 97.8 cm³/mol. The maximum Gasteiger partial charge on any atom is 0.242 e. The van der Waals surface area contributed by atoms with Crippen molar-refractivity contribution in [3.63, 3.8) is 0 Å². The zero-order chi connectivity index (χ0) is 19.1. The molecule has 0 radical (unpaired) electrons. The minimum atomic E-state index is -0.190. The predicted octanol–water partition coefficient (Wildman–Crippen LogP) is 0.823. The molecule has 0 unspecified atom stereocenters. The van der Waals surface area contributed by atoms with Crippen molar-refractivity contribution in [1.82, 2.24) is 15.1 Å². The molecule has 1 fully saturated rings. The SMILES string of the molecule is COc1cccc(CCC(=O)N2CCN(CC(=O)NC(C)C)C(=O)C2)c1. The lowest BCUT2D eigenvalue weighted by molar-refractivity contribution is -0.146. The van der Waals surface area contributed by atoms with Crippen LogP contribution < -0.4 is 10.1 Å². The van der Waals surface area contributed by atoms with Gasteiger partial charge in [-0.15, -0.1) is 0 Å². The first-order chi connectivity index (χ1) is 12.4. The third-order valence-electron chi connectivity index (χ3n) is 4.22. The molecular weight excluding hydrogens is 334 g/mol. The summed E-state index contributed by atoms with van der Waals surface area (Å²) < 4.78 is 5.18. The van der Waals surface area contributed by atoms with Gasteiger partial charge in [0.05, 0.1) is 20.2 Å². The standard InChI is InChI=1S/C19H27N3O4/c1-14(2)20-17(23)12-21-9-10-22(13-19(21)25)18(24)8-7-15-5-4-6-16(11-15)26-3/h4-6,11,14H,7-10,12-13H2,1-3H3,(H,20,23). The Bertz CT molecular complexity index is 660. The van der Waals surface area contributed by atoms with E-state index in [1.807, 2.05) is 38.1 Å². The van der Waals surface area contributed by atoms with Gasteiger partial charge in [0.25, 0.3) is 0 Å². The number of methoxy groups -OCH3 is 1. The van der Waals surface area contributed by atoms with E-state index in [0.717, 1.165) is 11.3 Å². The van der Waals surface area contributed by atoms with Crippen molar-refractivity contribution in [3.05, 3.63) is 29.8 Å². The molecule has 1 heterocycles. The van der Waals surface area contributed by atoms with E-state index >= 15 is 0 Å². The Labute approximate surface area is 154 Å². The molecule has 1 saturated heterocycles. The molecule has 1 aliphatic rings. The molecule has 2 rings (SSSR count). The van der Waals surface area contributed by atoms with Crippen molar-refractivity contribution in [2.45, 2.75) is 32.7 Å². The van der Waals surface area contributed by atoms with Gasteiger partial charge in [0.1, 0.15) is 5.75 Å². The normalized spacial score (nSPS) is 14.5. The van der Waals surface area contributed by atoms with Crippen molar-refractivity contribution in [3.8, 4) is 5.75 Å². The summed E-state index contributed by atoms with van der Waals surface area (Å²) in [7, 11) is 1.61. The summed E-state index contributed by atoms with van der Waals surface area (Å²) in [5.41, 5.74) is 1.02.